The monoisotopic (exact) mass is 427 g/mol. The van der Waals surface area contributed by atoms with E-state index in [9.17, 15) is 14.0 Å². The number of carbonyl (C=O) groups excluding carboxylic acids is 2. The molecule has 1 aliphatic heterocycles. The van der Waals surface area contributed by atoms with E-state index in [4.69, 9.17) is 4.74 Å². The molecule has 0 saturated carbocycles. The predicted octanol–water partition coefficient (Wildman–Crippen LogP) is 4.47. The first-order chi connectivity index (χ1) is 14.5. The van der Waals surface area contributed by atoms with E-state index in [-0.39, 0.29) is 23.6 Å². The van der Waals surface area contributed by atoms with E-state index in [0.717, 1.165) is 34.7 Å². The third-order valence-corrected chi connectivity index (χ3v) is 6.14. The van der Waals surface area contributed by atoms with Crippen molar-refractivity contribution in [3.05, 3.63) is 53.8 Å². The van der Waals surface area contributed by atoms with Crippen molar-refractivity contribution >= 4 is 44.2 Å². The van der Waals surface area contributed by atoms with Crippen molar-refractivity contribution in [3.8, 4) is 0 Å². The second-order valence-electron chi connectivity index (χ2n) is 7.18. The Morgan fingerprint density at radius 3 is 2.83 bits per heavy atom. The zero-order chi connectivity index (χ0) is 21.1. The van der Waals surface area contributed by atoms with Crippen LogP contribution in [0.3, 0.4) is 0 Å². The summed E-state index contributed by atoms with van der Waals surface area (Å²) in [5.74, 6) is -0.889. The molecule has 1 aromatic heterocycles. The van der Waals surface area contributed by atoms with Crippen LogP contribution >= 0.6 is 11.3 Å². The second kappa shape index (κ2) is 8.79. The van der Waals surface area contributed by atoms with Gasteiger partial charge in [-0.25, -0.2) is 14.2 Å². The molecule has 1 fully saturated rings. The standard InChI is InChI=1S/C22H22FN3O3S/c1-2-29-21(28)14-5-8-17(9-6-14)24-20(27)15-4-3-11-26(13-15)22-25-18-10-7-16(23)12-19(18)30-22/h5-10,12,15H,2-4,11,13H2,1H3,(H,24,27). The lowest BCUT2D eigenvalue weighted by Crippen LogP contribution is -2.40. The molecular formula is C22H22FN3O3S. The maximum atomic E-state index is 13.5. The highest BCUT2D eigenvalue weighted by Gasteiger charge is 2.27. The minimum atomic E-state index is -0.381. The van der Waals surface area contributed by atoms with Crippen LogP contribution < -0.4 is 10.2 Å². The van der Waals surface area contributed by atoms with E-state index in [2.05, 4.69) is 15.2 Å². The molecule has 0 radical (unpaired) electrons. The molecule has 1 saturated heterocycles. The van der Waals surface area contributed by atoms with Crippen LogP contribution in [0.5, 0.6) is 0 Å². The molecule has 1 unspecified atom stereocenters. The van der Waals surface area contributed by atoms with Gasteiger partial charge in [0.25, 0.3) is 0 Å². The maximum absolute atomic E-state index is 13.5. The van der Waals surface area contributed by atoms with E-state index < -0.39 is 0 Å². The van der Waals surface area contributed by atoms with Crippen LogP contribution in [-0.4, -0.2) is 36.6 Å². The summed E-state index contributed by atoms with van der Waals surface area (Å²) in [6.45, 7) is 3.46. The van der Waals surface area contributed by atoms with E-state index in [1.54, 1.807) is 37.3 Å². The number of esters is 1. The van der Waals surface area contributed by atoms with E-state index in [1.807, 2.05) is 0 Å². The van der Waals surface area contributed by atoms with Crippen LogP contribution in [0.15, 0.2) is 42.5 Å². The summed E-state index contributed by atoms with van der Waals surface area (Å²) in [6, 6.07) is 11.3. The molecule has 1 atom stereocenters. The van der Waals surface area contributed by atoms with Gasteiger partial charge in [-0.15, -0.1) is 0 Å². The zero-order valence-corrected chi connectivity index (χ0v) is 17.4. The Morgan fingerprint density at radius 1 is 1.27 bits per heavy atom. The molecule has 2 heterocycles. The number of thiazole rings is 1. The Balaban J connectivity index is 1.41. The largest absolute Gasteiger partial charge is 0.462 e. The first-order valence-corrected chi connectivity index (χ1v) is 10.7. The molecule has 3 aromatic rings. The summed E-state index contributed by atoms with van der Waals surface area (Å²) < 4.78 is 19.2. The minimum absolute atomic E-state index is 0.0595. The lowest BCUT2D eigenvalue weighted by molar-refractivity contribution is -0.120. The number of fused-ring (bicyclic) bond motifs is 1. The summed E-state index contributed by atoms with van der Waals surface area (Å²) in [5.41, 5.74) is 1.86. The SMILES string of the molecule is CCOC(=O)c1ccc(NC(=O)C2CCCN(c3nc4ccc(F)cc4s3)C2)cc1. The van der Waals surface area contributed by atoms with E-state index in [1.165, 1.54) is 23.5 Å². The number of ether oxygens (including phenoxy) is 1. The number of piperidine rings is 1. The lowest BCUT2D eigenvalue weighted by atomic mass is 9.97. The number of rotatable bonds is 5. The van der Waals surface area contributed by atoms with Gasteiger partial charge in [-0.2, -0.15) is 0 Å². The zero-order valence-electron chi connectivity index (χ0n) is 16.6. The highest BCUT2D eigenvalue weighted by molar-refractivity contribution is 7.22. The smallest absolute Gasteiger partial charge is 0.338 e. The van der Waals surface area contributed by atoms with E-state index in [0.29, 0.717) is 24.4 Å². The Labute approximate surface area is 177 Å². The van der Waals surface area contributed by atoms with Gasteiger partial charge >= 0.3 is 5.97 Å². The van der Waals surface area contributed by atoms with Gasteiger partial charge in [0.2, 0.25) is 5.91 Å². The summed E-state index contributed by atoms with van der Waals surface area (Å²) >= 11 is 1.44. The molecule has 1 amide bonds. The topological polar surface area (TPSA) is 71.5 Å². The Morgan fingerprint density at radius 2 is 2.07 bits per heavy atom. The van der Waals surface area contributed by atoms with Crippen LogP contribution in [0.2, 0.25) is 0 Å². The molecule has 0 spiro atoms. The maximum Gasteiger partial charge on any atom is 0.338 e. The molecule has 1 aliphatic rings. The molecule has 2 aromatic carbocycles. The molecular weight excluding hydrogens is 405 g/mol. The first kappa shape index (κ1) is 20.3. The van der Waals surface area contributed by atoms with Crippen LogP contribution in [-0.2, 0) is 9.53 Å². The van der Waals surface area contributed by atoms with Gasteiger partial charge < -0.3 is 15.0 Å². The van der Waals surface area contributed by atoms with Gasteiger partial charge in [-0.05, 0) is 62.2 Å². The number of aromatic nitrogens is 1. The van der Waals surface area contributed by atoms with Crippen molar-refractivity contribution < 1.29 is 18.7 Å². The van der Waals surface area contributed by atoms with Crippen molar-refractivity contribution in [2.45, 2.75) is 19.8 Å². The Hall–Kier alpha value is -3.00. The Bertz CT molecular complexity index is 1070. The molecule has 4 rings (SSSR count). The number of hydrogen-bond donors (Lipinski definition) is 1. The molecule has 1 N–H and O–H groups in total. The normalized spacial score (nSPS) is 16.5. The highest BCUT2D eigenvalue weighted by atomic mass is 32.1. The van der Waals surface area contributed by atoms with Crippen molar-refractivity contribution in [3.63, 3.8) is 0 Å². The van der Waals surface area contributed by atoms with Gasteiger partial charge in [-0.1, -0.05) is 11.3 Å². The third kappa shape index (κ3) is 4.43. The van der Waals surface area contributed by atoms with E-state index >= 15 is 0 Å². The predicted molar refractivity (Wildman–Crippen MR) is 116 cm³/mol. The average Bonchev–Trinajstić information content (AvgIpc) is 3.18. The number of carbonyl (C=O) groups is 2. The van der Waals surface area contributed by atoms with Crippen LogP contribution in [0.1, 0.15) is 30.1 Å². The number of benzene rings is 2. The van der Waals surface area contributed by atoms with Crippen molar-refractivity contribution in [1.29, 1.82) is 0 Å². The molecule has 8 heteroatoms. The molecule has 156 valence electrons. The number of hydrogen-bond acceptors (Lipinski definition) is 6. The summed E-state index contributed by atoms with van der Waals surface area (Å²) in [5, 5.41) is 3.74. The fourth-order valence-corrected chi connectivity index (χ4v) is 4.56. The van der Waals surface area contributed by atoms with Gasteiger partial charge in [-0.3, -0.25) is 4.79 Å². The lowest BCUT2D eigenvalue weighted by Gasteiger charge is -2.31. The fraction of sp³-hybridized carbons (Fsp3) is 0.318. The van der Waals surface area contributed by atoms with Gasteiger partial charge in [0, 0.05) is 18.8 Å². The van der Waals surface area contributed by atoms with Crippen molar-refractivity contribution in [1.82, 2.24) is 4.98 Å². The first-order valence-electron chi connectivity index (χ1n) is 9.92. The van der Waals surface area contributed by atoms with Gasteiger partial charge in [0.1, 0.15) is 5.82 Å². The van der Waals surface area contributed by atoms with Crippen LogP contribution in [0.4, 0.5) is 15.2 Å². The van der Waals surface area contributed by atoms with Crippen molar-refractivity contribution in [2.24, 2.45) is 5.92 Å². The van der Waals surface area contributed by atoms with Crippen LogP contribution in [0, 0.1) is 11.7 Å². The highest BCUT2D eigenvalue weighted by Crippen LogP contribution is 2.32. The number of anilines is 2. The quantitative estimate of drug-likeness (QED) is 0.609. The molecule has 6 nitrogen and oxygen atoms in total. The Kier molecular flexibility index (Phi) is 5.94. The van der Waals surface area contributed by atoms with Crippen molar-refractivity contribution in [2.75, 3.05) is 29.9 Å². The molecule has 0 bridgehead atoms. The number of nitrogens with zero attached hydrogens (tertiary/aromatic N) is 2. The number of halogens is 1. The summed E-state index contributed by atoms with van der Waals surface area (Å²) in [6.07, 6.45) is 1.67. The van der Waals surface area contributed by atoms with Gasteiger partial charge in [0.05, 0.1) is 28.3 Å². The number of nitrogens with one attached hydrogen (secondary N) is 1. The molecule has 30 heavy (non-hydrogen) atoms. The minimum Gasteiger partial charge on any atom is -0.462 e. The van der Waals surface area contributed by atoms with Crippen LogP contribution in [0.25, 0.3) is 10.2 Å². The third-order valence-electron chi connectivity index (χ3n) is 5.07. The fourth-order valence-electron chi connectivity index (χ4n) is 3.53. The second-order valence-corrected chi connectivity index (χ2v) is 8.19. The van der Waals surface area contributed by atoms with Gasteiger partial charge in [0.15, 0.2) is 5.13 Å². The molecule has 0 aliphatic carbocycles. The summed E-state index contributed by atoms with van der Waals surface area (Å²) in [4.78, 5) is 31.2. The average molecular weight is 428 g/mol. The number of amides is 1. The summed E-state index contributed by atoms with van der Waals surface area (Å²) in [7, 11) is 0.